The third-order valence-electron chi connectivity index (χ3n) is 8.61. The highest BCUT2D eigenvalue weighted by Crippen LogP contribution is 2.43. The fraction of sp³-hybridized carbons (Fsp3) is 0.606. The molecule has 0 aromatic heterocycles. The average molecular weight is 569 g/mol. The monoisotopic (exact) mass is 568 g/mol. The molecule has 1 aliphatic heterocycles. The van der Waals surface area contributed by atoms with Crippen LogP contribution < -0.4 is 9.47 Å². The zero-order valence-electron chi connectivity index (χ0n) is 24.1. The molecule has 3 N–H and O–H groups in total. The standard InChI is InChI=1S/C33H44O8/c1-21(34)38-27-19-26(14-12-22-13-15-28(35)31(16-22)39-24-8-4-2-5-9-24)41-30(20-27)23-17-29(36)33(37)32(18-23)40-25-10-6-3-7-11-25/h13,15-18,24-27,30,35-37H,2-12,14,19-20H2,1H3/t26-,27-,30-/m0/s1. The van der Waals surface area contributed by atoms with Gasteiger partial charge in [0.05, 0.1) is 24.4 Å². The minimum atomic E-state index is -0.441. The van der Waals surface area contributed by atoms with Crippen molar-refractivity contribution in [3.63, 3.8) is 0 Å². The summed E-state index contributed by atoms with van der Waals surface area (Å²) < 4.78 is 24.4. The smallest absolute Gasteiger partial charge is 0.302 e. The molecule has 8 nitrogen and oxygen atoms in total. The Balaban J connectivity index is 1.28. The Morgan fingerprint density at radius 2 is 1.46 bits per heavy atom. The third-order valence-corrected chi connectivity index (χ3v) is 8.61. The predicted molar refractivity (Wildman–Crippen MR) is 154 cm³/mol. The zero-order valence-corrected chi connectivity index (χ0v) is 24.1. The van der Waals surface area contributed by atoms with Gasteiger partial charge in [-0.3, -0.25) is 4.79 Å². The highest BCUT2D eigenvalue weighted by Gasteiger charge is 2.33. The first-order chi connectivity index (χ1) is 19.8. The van der Waals surface area contributed by atoms with Crippen molar-refractivity contribution >= 4 is 5.97 Å². The highest BCUT2D eigenvalue weighted by molar-refractivity contribution is 5.66. The topological polar surface area (TPSA) is 115 Å². The first kappa shape index (κ1) is 29.4. The van der Waals surface area contributed by atoms with E-state index in [0.717, 1.165) is 56.9 Å². The Labute approximate surface area is 242 Å². The van der Waals surface area contributed by atoms with E-state index < -0.39 is 6.10 Å². The summed E-state index contributed by atoms with van der Waals surface area (Å²) in [5, 5.41) is 31.4. The largest absolute Gasteiger partial charge is 0.504 e. The van der Waals surface area contributed by atoms with Crippen LogP contribution in [-0.4, -0.2) is 45.7 Å². The minimum Gasteiger partial charge on any atom is -0.504 e. The van der Waals surface area contributed by atoms with Crippen LogP contribution in [0.4, 0.5) is 0 Å². The minimum absolute atomic E-state index is 0.00964. The third kappa shape index (κ3) is 8.00. The summed E-state index contributed by atoms with van der Waals surface area (Å²) >= 11 is 0. The van der Waals surface area contributed by atoms with Crippen LogP contribution in [0.25, 0.3) is 0 Å². The zero-order chi connectivity index (χ0) is 28.8. The number of ether oxygens (including phenoxy) is 4. The van der Waals surface area contributed by atoms with Crippen molar-refractivity contribution in [1.29, 1.82) is 0 Å². The number of carbonyl (C=O) groups is 1. The van der Waals surface area contributed by atoms with Gasteiger partial charge in [0.15, 0.2) is 23.0 Å². The van der Waals surface area contributed by atoms with E-state index in [1.807, 2.05) is 12.1 Å². The number of phenols is 3. The van der Waals surface area contributed by atoms with Gasteiger partial charge in [-0.2, -0.15) is 0 Å². The summed E-state index contributed by atoms with van der Waals surface area (Å²) in [7, 11) is 0. The molecule has 3 fully saturated rings. The van der Waals surface area contributed by atoms with Gasteiger partial charge in [0.1, 0.15) is 6.10 Å². The van der Waals surface area contributed by atoms with E-state index in [-0.39, 0.29) is 53.4 Å². The molecule has 41 heavy (non-hydrogen) atoms. The van der Waals surface area contributed by atoms with Crippen molar-refractivity contribution in [2.24, 2.45) is 0 Å². The van der Waals surface area contributed by atoms with E-state index in [0.29, 0.717) is 37.0 Å². The number of carbonyl (C=O) groups excluding carboxylic acids is 1. The van der Waals surface area contributed by atoms with Gasteiger partial charge in [-0.15, -0.1) is 0 Å². The molecule has 8 heteroatoms. The van der Waals surface area contributed by atoms with E-state index in [9.17, 15) is 20.1 Å². The summed E-state index contributed by atoms with van der Waals surface area (Å²) in [6.07, 6.45) is 12.3. The summed E-state index contributed by atoms with van der Waals surface area (Å²) in [6, 6.07) is 8.76. The van der Waals surface area contributed by atoms with E-state index in [4.69, 9.17) is 18.9 Å². The molecule has 1 heterocycles. The van der Waals surface area contributed by atoms with Crippen molar-refractivity contribution < 1.29 is 39.1 Å². The Morgan fingerprint density at radius 3 is 2.12 bits per heavy atom. The second-order valence-electron chi connectivity index (χ2n) is 11.9. The van der Waals surface area contributed by atoms with E-state index in [1.54, 1.807) is 12.1 Å². The van der Waals surface area contributed by atoms with Gasteiger partial charge in [-0.1, -0.05) is 18.9 Å². The number of phenolic OH excluding ortho intramolecular Hbond substituents is 3. The highest BCUT2D eigenvalue weighted by atomic mass is 16.6. The van der Waals surface area contributed by atoms with Crippen LogP contribution in [0.3, 0.4) is 0 Å². The predicted octanol–water partition coefficient (Wildman–Crippen LogP) is 7.01. The molecule has 224 valence electrons. The molecule has 2 saturated carbocycles. The molecule has 0 radical (unpaired) electrons. The number of aromatic hydroxyl groups is 3. The summed E-state index contributed by atoms with van der Waals surface area (Å²) in [5.41, 5.74) is 1.72. The summed E-state index contributed by atoms with van der Waals surface area (Å²) in [6.45, 7) is 1.41. The van der Waals surface area contributed by atoms with Gasteiger partial charge in [-0.05, 0) is 99.6 Å². The van der Waals surface area contributed by atoms with Crippen LogP contribution in [0.5, 0.6) is 28.7 Å². The molecule has 3 aliphatic rings. The lowest BCUT2D eigenvalue weighted by Crippen LogP contribution is -2.34. The van der Waals surface area contributed by atoms with Gasteiger partial charge in [-0.25, -0.2) is 0 Å². The molecule has 2 aliphatic carbocycles. The lowest BCUT2D eigenvalue weighted by atomic mass is 9.92. The van der Waals surface area contributed by atoms with Crippen molar-refractivity contribution in [3.05, 3.63) is 41.5 Å². The van der Waals surface area contributed by atoms with E-state index in [2.05, 4.69) is 0 Å². The SMILES string of the molecule is CC(=O)O[C@H]1C[C@H](CCc2ccc(O)c(OC3CCCCC3)c2)O[C@H](c2cc(O)c(O)c(OC3CCCCC3)c2)C1. The van der Waals surface area contributed by atoms with E-state index in [1.165, 1.54) is 25.8 Å². The normalized spacial score (nSPS) is 24.1. The molecule has 0 unspecified atom stereocenters. The van der Waals surface area contributed by atoms with Crippen LogP contribution in [0.15, 0.2) is 30.3 Å². The van der Waals surface area contributed by atoms with Crippen molar-refractivity contribution in [2.45, 2.75) is 127 Å². The Morgan fingerprint density at radius 1 is 0.805 bits per heavy atom. The maximum atomic E-state index is 11.9. The number of hydrogen-bond donors (Lipinski definition) is 3. The van der Waals surface area contributed by atoms with Gasteiger partial charge < -0.3 is 34.3 Å². The van der Waals surface area contributed by atoms with Gasteiger partial charge >= 0.3 is 5.97 Å². The Kier molecular flexibility index (Phi) is 9.80. The van der Waals surface area contributed by atoms with Crippen molar-refractivity contribution in [1.82, 2.24) is 0 Å². The van der Waals surface area contributed by atoms with Gasteiger partial charge in [0.2, 0.25) is 5.75 Å². The van der Waals surface area contributed by atoms with Crippen LogP contribution in [0, 0.1) is 0 Å². The Bertz CT molecular complexity index is 1170. The second kappa shape index (κ2) is 13.7. The molecule has 0 amide bonds. The fourth-order valence-electron chi connectivity index (χ4n) is 6.45. The number of esters is 1. The number of aryl methyl sites for hydroxylation is 1. The quantitative estimate of drug-likeness (QED) is 0.219. The molecular formula is C33H44O8. The van der Waals surface area contributed by atoms with Gasteiger partial charge in [0.25, 0.3) is 0 Å². The molecule has 2 aromatic rings. The second-order valence-corrected chi connectivity index (χ2v) is 11.9. The lowest BCUT2D eigenvalue weighted by molar-refractivity contribution is -0.160. The molecule has 2 aromatic carbocycles. The molecule has 1 saturated heterocycles. The molecular weight excluding hydrogens is 524 g/mol. The van der Waals surface area contributed by atoms with Crippen LogP contribution >= 0.6 is 0 Å². The molecule has 3 atom stereocenters. The summed E-state index contributed by atoms with van der Waals surface area (Å²) in [5.74, 6) is 0.0873. The average Bonchev–Trinajstić information content (AvgIpc) is 2.96. The molecule has 5 rings (SSSR count). The number of rotatable bonds is 9. The number of hydrogen-bond acceptors (Lipinski definition) is 8. The van der Waals surface area contributed by atoms with Crippen molar-refractivity contribution in [3.8, 4) is 28.7 Å². The lowest BCUT2D eigenvalue weighted by Gasteiger charge is -2.35. The first-order valence-electron chi connectivity index (χ1n) is 15.4. The Hall–Kier alpha value is -3.13. The molecule has 0 bridgehead atoms. The van der Waals surface area contributed by atoms with Gasteiger partial charge in [0, 0.05) is 19.8 Å². The summed E-state index contributed by atoms with van der Waals surface area (Å²) in [4.78, 5) is 11.9. The van der Waals surface area contributed by atoms with Crippen molar-refractivity contribution in [2.75, 3.05) is 0 Å². The van der Waals surface area contributed by atoms with Crippen LogP contribution in [-0.2, 0) is 20.7 Å². The maximum absolute atomic E-state index is 11.9. The maximum Gasteiger partial charge on any atom is 0.302 e. The fourth-order valence-corrected chi connectivity index (χ4v) is 6.45. The van der Waals surface area contributed by atoms with E-state index >= 15 is 0 Å². The van der Waals surface area contributed by atoms with Crippen LogP contribution in [0.2, 0.25) is 0 Å². The number of benzene rings is 2. The first-order valence-corrected chi connectivity index (χ1v) is 15.4. The van der Waals surface area contributed by atoms with Crippen LogP contribution in [0.1, 0.15) is 108 Å². The molecule has 0 spiro atoms.